The monoisotopic (exact) mass is 472 g/mol. The zero-order valence-electron chi connectivity index (χ0n) is 20.5. The minimum Gasteiger partial charge on any atom is -0.494 e. The Morgan fingerprint density at radius 1 is 1.09 bits per heavy atom. The highest BCUT2D eigenvalue weighted by Crippen LogP contribution is 2.38. The second-order valence-corrected chi connectivity index (χ2v) is 9.40. The summed E-state index contributed by atoms with van der Waals surface area (Å²) in [6.45, 7) is 4.55. The molecule has 0 radical (unpaired) electrons. The fraction of sp³-hybridized carbons (Fsp3) is 0.370. The van der Waals surface area contributed by atoms with Crippen LogP contribution in [0.15, 0.2) is 42.6 Å². The fourth-order valence-corrected chi connectivity index (χ4v) is 5.24. The average molecular weight is 473 g/mol. The highest BCUT2D eigenvalue weighted by atomic mass is 16.5. The van der Waals surface area contributed by atoms with Crippen molar-refractivity contribution in [3.05, 3.63) is 59.3 Å². The first-order chi connectivity index (χ1) is 17.0. The van der Waals surface area contributed by atoms with Crippen molar-refractivity contribution in [3.63, 3.8) is 0 Å². The maximum absolute atomic E-state index is 14.0. The molecule has 0 unspecified atom stereocenters. The molecule has 8 nitrogen and oxygen atoms in total. The number of fused-ring (bicyclic) bond motifs is 1. The Morgan fingerprint density at radius 3 is 2.54 bits per heavy atom. The Hall–Kier alpha value is -3.81. The Bertz CT molecular complexity index is 1230. The summed E-state index contributed by atoms with van der Waals surface area (Å²) >= 11 is 0. The number of amides is 2. The summed E-state index contributed by atoms with van der Waals surface area (Å²) in [6, 6.07) is 11.6. The molecular weight excluding hydrogens is 440 g/mol. The lowest BCUT2D eigenvalue weighted by Crippen LogP contribution is -2.53. The molecule has 5 rings (SSSR count). The standard InChI is InChI=1S/C27H32N6O2/c1-17-8-7-9-18(2)24(17)32-16-19-15-29-26(30-22-13-12-20(28)14-23(22)35-3)31-25(19)33(27(32)34)21-10-5-4-6-11-21/h7-9,12-15,21H,4-6,10-11,16,28H2,1-3H3,(H,29,30,31). The molecule has 1 fully saturated rings. The molecule has 2 heterocycles. The number of nitrogens with zero attached hydrogens (tertiary/aromatic N) is 4. The van der Waals surface area contributed by atoms with Gasteiger partial charge in [0.25, 0.3) is 0 Å². The Morgan fingerprint density at radius 2 is 1.83 bits per heavy atom. The lowest BCUT2D eigenvalue weighted by Gasteiger charge is -2.42. The Labute approximate surface area is 206 Å². The number of aryl methyl sites for hydroxylation is 2. The van der Waals surface area contributed by atoms with E-state index in [1.54, 1.807) is 19.2 Å². The molecule has 0 saturated heterocycles. The van der Waals surface area contributed by atoms with E-state index in [1.807, 2.05) is 28.1 Å². The van der Waals surface area contributed by atoms with Crippen molar-refractivity contribution in [2.45, 2.75) is 58.5 Å². The quantitative estimate of drug-likeness (QED) is 0.462. The first-order valence-corrected chi connectivity index (χ1v) is 12.2. The third-order valence-corrected chi connectivity index (χ3v) is 6.96. The van der Waals surface area contributed by atoms with Crippen molar-refractivity contribution in [2.24, 2.45) is 0 Å². The van der Waals surface area contributed by atoms with Crippen LogP contribution in [0.4, 0.5) is 33.6 Å². The number of hydrogen-bond donors (Lipinski definition) is 2. The van der Waals surface area contributed by atoms with Crippen molar-refractivity contribution in [2.75, 3.05) is 28.0 Å². The van der Waals surface area contributed by atoms with Crippen molar-refractivity contribution in [3.8, 4) is 5.75 Å². The van der Waals surface area contributed by atoms with Crippen LogP contribution in [-0.4, -0.2) is 29.2 Å². The van der Waals surface area contributed by atoms with Gasteiger partial charge in [-0.15, -0.1) is 0 Å². The number of anilines is 5. The van der Waals surface area contributed by atoms with Crippen molar-refractivity contribution < 1.29 is 9.53 Å². The van der Waals surface area contributed by atoms with Crippen molar-refractivity contribution >= 4 is 34.9 Å². The van der Waals surface area contributed by atoms with Gasteiger partial charge in [-0.1, -0.05) is 37.5 Å². The molecule has 1 aliphatic heterocycles. The zero-order valence-corrected chi connectivity index (χ0v) is 20.5. The first kappa shape index (κ1) is 23.0. The summed E-state index contributed by atoms with van der Waals surface area (Å²) in [5, 5.41) is 3.25. The number of nitrogens with two attached hydrogens (primary N) is 1. The van der Waals surface area contributed by atoms with E-state index in [-0.39, 0.29) is 12.1 Å². The van der Waals surface area contributed by atoms with E-state index in [4.69, 9.17) is 15.5 Å². The van der Waals surface area contributed by atoms with E-state index in [2.05, 4.69) is 36.3 Å². The summed E-state index contributed by atoms with van der Waals surface area (Å²) in [5.74, 6) is 1.71. The predicted molar refractivity (Wildman–Crippen MR) is 140 cm³/mol. The molecule has 8 heteroatoms. The van der Waals surface area contributed by atoms with E-state index in [1.165, 1.54) is 6.42 Å². The molecule has 0 bridgehead atoms. The molecule has 0 spiro atoms. The summed E-state index contributed by atoms with van der Waals surface area (Å²) in [7, 11) is 1.60. The summed E-state index contributed by atoms with van der Waals surface area (Å²) in [6.07, 6.45) is 7.23. The van der Waals surface area contributed by atoms with Crippen molar-refractivity contribution in [1.82, 2.24) is 9.97 Å². The van der Waals surface area contributed by atoms with Crippen LogP contribution in [-0.2, 0) is 6.54 Å². The van der Waals surface area contributed by atoms with Gasteiger partial charge < -0.3 is 15.8 Å². The van der Waals surface area contributed by atoms with Gasteiger partial charge in [-0.2, -0.15) is 4.98 Å². The maximum atomic E-state index is 14.0. The molecule has 182 valence electrons. The summed E-state index contributed by atoms with van der Waals surface area (Å²) in [4.78, 5) is 27.3. The van der Waals surface area contributed by atoms with Crippen LogP contribution < -0.4 is 25.6 Å². The number of hydrogen-bond acceptors (Lipinski definition) is 6. The number of carbonyl (C=O) groups is 1. The molecule has 1 aliphatic carbocycles. The molecule has 1 aromatic heterocycles. The van der Waals surface area contributed by atoms with E-state index < -0.39 is 0 Å². The number of para-hydroxylation sites is 1. The summed E-state index contributed by atoms with van der Waals surface area (Å²) in [5.41, 5.74) is 11.3. The van der Waals surface area contributed by atoms with Crippen LogP contribution in [0.5, 0.6) is 5.75 Å². The number of methoxy groups -OCH3 is 1. The molecule has 0 atom stereocenters. The molecule has 2 aliphatic rings. The van der Waals surface area contributed by atoms with Gasteiger partial charge >= 0.3 is 6.03 Å². The lowest BCUT2D eigenvalue weighted by molar-refractivity contribution is 0.244. The Kier molecular flexibility index (Phi) is 6.19. The number of aromatic nitrogens is 2. The molecule has 35 heavy (non-hydrogen) atoms. The largest absolute Gasteiger partial charge is 0.494 e. The number of ether oxygens (including phenoxy) is 1. The van der Waals surface area contributed by atoms with Crippen LogP contribution in [0.3, 0.4) is 0 Å². The molecule has 3 aromatic rings. The van der Waals surface area contributed by atoms with Gasteiger partial charge in [0, 0.05) is 29.6 Å². The van der Waals surface area contributed by atoms with E-state index in [0.717, 1.165) is 48.1 Å². The average Bonchev–Trinajstić information content (AvgIpc) is 2.86. The van der Waals surface area contributed by atoms with Crippen LogP contribution >= 0.6 is 0 Å². The maximum Gasteiger partial charge on any atom is 0.330 e. The summed E-state index contributed by atoms with van der Waals surface area (Å²) < 4.78 is 5.46. The van der Waals surface area contributed by atoms with Gasteiger partial charge in [-0.25, -0.2) is 9.78 Å². The van der Waals surface area contributed by atoms with Crippen LogP contribution in [0.1, 0.15) is 48.8 Å². The molecule has 2 amide bonds. The minimum atomic E-state index is -0.0171. The highest BCUT2D eigenvalue weighted by molar-refractivity contribution is 6.06. The van der Waals surface area contributed by atoms with Crippen LogP contribution in [0, 0.1) is 13.8 Å². The van der Waals surface area contributed by atoms with Gasteiger partial charge in [-0.05, 0) is 49.9 Å². The molecule has 2 aromatic carbocycles. The number of nitrogens with one attached hydrogen (secondary N) is 1. The lowest BCUT2D eigenvalue weighted by atomic mass is 9.93. The molecule has 3 N–H and O–H groups in total. The Balaban J connectivity index is 1.55. The smallest absolute Gasteiger partial charge is 0.330 e. The number of nitrogen functional groups attached to an aromatic ring is 1. The van der Waals surface area contributed by atoms with Gasteiger partial charge in [0.05, 0.1) is 25.0 Å². The van der Waals surface area contributed by atoms with Crippen LogP contribution in [0.25, 0.3) is 0 Å². The topological polar surface area (TPSA) is 96.6 Å². The number of carbonyl (C=O) groups excluding carboxylic acids is 1. The van der Waals surface area contributed by atoms with Gasteiger partial charge in [0.15, 0.2) is 0 Å². The first-order valence-electron chi connectivity index (χ1n) is 12.2. The van der Waals surface area contributed by atoms with Crippen LogP contribution in [0.2, 0.25) is 0 Å². The van der Waals surface area contributed by atoms with E-state index in [0.29, 0.717) is 35.4 Å². The van der Waals surface area contributed by atoms with E-state index >= 15 is 0 Å². The molecule has 1 saturated carbocycles. The predicted octanol–water partition coefficient (Wildman–Crippen LogP) is 5.71. The second-order valence-electron chi connectivity index (χ2n) is 9.40. The SMILES string of the molecule is COc1cc(N)ccc1Nc1ncc2c(n1)N(C1CCCCC1)C(=O)N(c1c(C)cccc1C)C2. The molecular formula is C27H32N6O2. The number of urea groups is 1. The third kappa shape index (κ3) is 4.36. The number of benzene rings is 2. The van der Waals surface area contributed by atoms with Crippen molar-refractivity contribution in [1.29, 1.82) is 0 Å². The number of rotatable bonds is 5. The highest BCUT2D eigenvalue weighted by Gasteiger charge is 2.38. The van der Waals surface area contributed by atoms with Gasteiger partial charge in [-0.3, -0.25) is 9.80 Å². The van der Waals surface area contributed by atoms with Gasteiger partial charge in [0.1, 0.15) is 11.6 Å². The van der Waals surface area contributed by atoms with Gasteiger partial charge in [0.2, 0.25) is 5.95 Å². The zero-order chi connectivity index (χ0) is 24.5. The minimum absolute atomic E-state index is 0.0171. The normalized spacial score (nSPS) is 16.3. The van der Waals surface area contributed by atoms with E-state index in [9.17, 15) is 4.79 Å². The fourth-order valence-electron chi connectivity index (χ4n) is 5.24. The second kappa shape index (κ2) is 9.44. The third-order valence-electron chi connectivity index (χ3n) is 6.96.